The molecule has 2 aliphatic heterocycles. The lowest BCUT2D eigenvalue weighted by Crippen LogP contribution is -2.51. The molecule has 2 fully saturated rings. The summed E-state index contributed by atoms with van der Waals surface area (Å²) < 4.78 is 28.7. The predicted octanol–water partition coefficient (Wildman–Crippen LogP) is 5.64. The van der Waals surface area contributed by atoms with Gasteiger partial charge in [-0.1, -0.05) is 25.5 Å². The summed E-state index contributed by atoms with van der Waals surface area (Å²) in [6.07, 6.45) is 12.6. The van der Waals surface area contributed by atoms with E-state index in [1.165, 1.54) is 12.1 Å². The van der Waals surface area contributed by atoms with Gasteiger partial charge in [0.1, 0.15) is 17.5 Å². The number of rotatable bonds is 5. The topological polar surface area (TPSA) is 83.5 Å². The lowest BCUT2D eigenvalue weighted by molar-refractivity contribution is -0.129. The third-order valence-electron chi connectivity index (χ3n) is 9.94. The molecule has 2 aromatic carbocycles. The highest BCUT2D eigenvalue weighted by Gasteiger charge is 2.48. The third-order valence-corrected chi connectivity index (χ3v) is 9.94. The second-order valence-corrected chi connectivity index (χ2v) is 12.7. The molecule has 1 unspecified atom stereocenters. The maximum absolute atomic E-state index is 14.3. The van der Waals surface area contributed by atoms with Crippen LogP contribution in [0.4, 0.5) is 8.78 Å². The molecule has 1 amide bonds. The summed E-state index contributed by atoms with van der Waals surface area (Å²) in [5, 5.41) is 7.38. The minimum absolute atomic E-state index is 0.0567. The number of benzene rings is 2. The van der Waals surface area contributed by atoms with Crippen molar-refractivity contribution in [1.82, 2.24) is 15.6 Å². The second kappa shape index (κ2) is 10.6. The number of nitrogens with zero attached hydrogens (tertiary/aromatic N) is 2. The highest BCUT2D eigenvalue weighted by molar-refractivity contribution is 5.93. The minimum atomic E-state index is -0.667. The Balaban J connectivity index is 1.22. The Hall–Kier alpha value is -4.04. The van der Waals surface area contributed by atoms with Crippen molar-refractivity contribution in [3.63, 3.8) is 0 Å². The van der Waals surface area contributed by atoms with E-state index in [9.17, 15) is 18.4 Å². The Bertz CT molecular complexity index is 1700. The zero-order chi connectivity index (χ0) is 29.8. The van der Waals surface area contributed by atoms with Gasteiger partial charge in [0.15, 0.2) is 5.78 Å². The van der Waals surface area contributed by atoms with E-state index in [0.717, 1.165) is 59.3 Å². The first-order chi connectivity index (χ1) is 20.8. The Morgan fingerprint density at radius 3 is 2.51 bits per heavy atom. The number of ketones is 1. The van der Waals surface area contributed by atoms with Gasteiger partial charge in [-0.05, 0) is 110 Å². The van der Waals surface area contributed by atoms with E-state index in [2.05, 4.69) is 40.4 Å². The number of allylic oxidation sites excluding steroid dienone is 1. The molecule has 3 aromatic rings. The normalized spacial score (nSPS) is 26.3. The van der Waals surface area contributed by atoms with E-state index < -0.39 is 28.5 Å². The summed E-state index contributed by atoms with van der Waals surface area (Å²) in [5.41, 5.74) is 3.22. The van der Waals surface area contributed by atoms with Gasteiger partial charge in [-0.3, -0.25) is 14.6 Å². The number of carbonyl (C=O) groups is 2. The summed E-state index contributed by atoms with van der Waals surface area (Å²) in [5.74, 6) is -1.38. The molecule has 1 aromatic heterocycles. The first-order valence-corrected chi connectivity index (χ1v) is 15.1. The Kier molecular flexibility index (Phi) is 6.84. The Morgan fingerprint density at radius 2 is 1.77 bits per heavy atom. The summed E-state index contributed by atoms with van der Waals surface area (Å²) in [7, 11) is 0. The number of hydrogen-bond acceptors (Lipinski definition) is 5. The molecular formula is C35H34F2N4O2. The molecule has 8 heteroatoms. The average molecular weight is 581 g/mol. The van der Waals surface area contributed by atoms with Crippen molar-refractivity contribution in [3.05, 3.63) is 101 Å². The van der Waals surface area contributed by atoms with Crippen molar-refractivity contribution < 1.29 is 18.4 Å². The molecular weight excluding hydrogens is 546 g/mol. The SMILES string of the molecule is C=C/C=N\C1=C[C@@]2(Cc3cc4cc(CC5C(=O)C6(CCCC6)NCC[C@H]5c5cc(F)cc(F)c5)cnc4cc3C2)C(=O)N1. The van der Waals surface area contributed by atoms with Gasteiger partial charge in [0.05, 0.1) is 16.5 Å². The smallest absolute Gasteiger partial charge is 0.236 e. The lowest BCUT2D eigenvalue weighted by atomic mass is 9.73. The first kappa shape index (κ1) is 27.8. The van der Waals surface area contributed by atoms with Crippen LogP contribution in [0.25, 0.3) is 10.9 Å². The molecule has 1 saturated carbocycles. The fourth-order valence-corrected chi connectivity index (χ4v) is 7.94. The predicted molar refractivity (Wildman–Crippen MR) is 162 cm³/mol. The summed E-state index contributed by atoms with van der Waals surface area (Å²) >= 11 is 0. The van der Waals surface area contributed by atoms with Gasteiger partial charge in [0.25, 0.3) is 0 Å². The lowest BCUT2D eigenvalue weighted by Gasteiger charge is -2.32. The van der Waals surface area contributed by atoms with Crippen molar-refractivity contribution in [2.24, 2.45) is 16.3 Å². The van der Waals surface area contributed by atoms with Crippen molar-refractivity contribution in [1.29, 1.82) is 0 Å². The van der Waals surface area contributed by atoms with E-state index in [-0.39, 0.29) is 17.6 Å². The number of aromatic nitrogens is 1. The van der Waals surface area contributed by atoms with Crippen molar-refractivity contribution in [2.45, 2.75) is 62.8 Å². The number of nitrogens with one attached hydrogen (secondary N) is 2. The summed E-state index contributed by atoms with van der Waals surface area (Å²) in [4.78, 5) is 36.3. The molecule has 0 bridgehead atoms. The molecule has 4 aliphatic rings. The standard InChI is InChI=1S/C35H34F2N4O2/c1-2-8-38-31-19-34(33(43)41-31)17-24-12-23-10-21(20-39-30(23)15-25(24)18-34)11-29-28(22-13-26(36)16-27(37)14-22)5-9-40-35(32(29)42)6-3-4-7-35/h2,8,10,12-16,19-20,28-29,40H,1,3-7,9,11,17-18H2,(H,41,43)/b38-8-/t28-,29?,34-/m0/s1. The summed E-state index contributed by atoms with van der Waals surface area (Å²) in [6.45, 7) is 4.27. The number of fused-ring (bicyclic) bond motifs is 2. The third kappa shape index (κ3) is 4.91. The number of Topliss-reactive ketones (excluding diaryl/α,β-unsaturated/α-hetero) is 1. The zero-order valence-corrected chi connectivity index (χ0v) is 24.0. The van der Waals surface area contributed by atoms with Crippen LogP contribution in [-0.2, 0) is 28.9 Å². The highest BCUT2D eigenvalue weighted by atomic mass is 19.1. The van der Waals surface area contributed by atoms with E-state index >= 15 is 0 Å². The van der Waals surface area contributed by atoms with Crippen LogP contribution >= 0.6 is 0 Å². The molecule has 0 radical (unpaired) electrons. The van der Waals surface area contributed by atoms with Gasteiger partial charge in [-0.15, -0.1) is 0 Å². The minimum Gasteiger partial charge on any atom is -0.310 e. The molecule has 43 heavy (non-hydrogen) atoms. The van der Waals surface area contributed by atoms with Crippen LogP contribution in [-0.4, -0.2) is 35.0 Å². The number of hydrogen-bond donors (Lipinski definition) is 2. The molecule has 3 atom stereocenters. The Morgan fingerprint density at radius 1 is 1.02 bits per heavy atom. The summed E-state index contributed by atoms with van der Waals surface area (Å²) in [6, 6.07) is 9.87. The Labute approximate surface area is 249 Å². The number of pyridine rings is 1. The molecule has 2 aliphatic carbocycles. The van der Waals surface area contributed by atoms with Gasteiger partial charge in [0, 0.05) is 29.8 Å². The molecule has 2 N–H and O–H groups in total. The van der Waals surface area contributed by atoms with E-state index in [0.29, 0.717) is 43.6 Å². The molecule has 3 heterocycles. The molecule has 1 saturated heterocycles. The van der Waals surface area contributed by atoms with E-state index in [1.807, 2.05) is 12.3 Å². The first-order valence-electron chi connectivity index (χ1n) is 15.1. The van der Waals surface area contributed by atoms with Crippen LogP contribution in [0.1, 0.15) is 60.3 Å². The number of amides is 1. The number of halogens is 2. The van der Waals surface area contributed by atoms with Crippen LogP contribution in [0.15, 0.2) is 72.1 Å². The second-order valence-electron chi connectivity index (χ2n) is 12.7. The molecule has 6 nitrogen and oxygen atoms in total. The monoisotopic (exact) mass is 580 g/mol. The number of carbonyl (C=O) groups excluding carboxylic acids is 2. The molecule has 7 rings (SSSR count). The quantitative estimate of drug-likeness (QED) is 0.383. The van der Waals surface area contributed by atoms with Crippen LogP contribution in [0.2, 0.25) is 0 Å². The van der Waals surface area contributed by atoms with Gasteiger partial charge in [-0.2, -0.15) is 0 Å². The zero-order valence-electron chi connectivity index (χ0n) is 24.0. The van der Waals surface area contributed by atoms with E-state index in [4.69, 9.17) is 4.98 Å². The largest absolute Gasteiger partial charge is 0.310 e. The average Bonchev–Trinajstić information content (AvgIpc) is 3.65. The fourth-order valence-electron chi connectivity index (χ4n) is 7.94. The van der Waals surface area contributed by atoms with Gasteiger partial charge < -0.3 is 10.6 Å². The number of aliphatic imine (C=N–C) groups is 1. The van der Waals surface area contributed by atoms with Gasteiger partial charge in [0.2, 0.25) is 5.91 Å². The van der Waals surface area contributed by atoms with E-state index in [1.54, 1.807) is 12.3 Å². The maximum atomic E-state index is 14.3. The van der Waals surface area contributed by atoms with Gasteiger partial charge >= 0.3 is 0 Å². The highest BCUT2D eigenvalue weighted by Crippen LogP contribution is 2.44. The van der Waals surface area contributed by atoms with Crippen molar-refractivity contribution in [3.8, 4) is 0 Å². The van der Waals surface area contributed by atoms with Crippen LogP contribution in [0, 0.1) is 23.0 Å². The van der Waals surface area contributed by atoms with Crippen LogP contribution in [0.5, 0.6) is 0 Å². The fraction of sp³-hybridized carbons (Fsp3) is 0.371. The van der Waals surface area contributed by atoms with Gasteiger partial charge in [-0.25, -0.2) is 13.8 Å². The molecule has 220 valence electrons. The van der Waals surface area contributed by atoms with Crippen LogP contribution < -0.4 is 10.6 Å². The van der Waals surface area contributed by atoms with Crippen molar-refractivity contribution in [2.75, 3.05) is 6.54 Å². The molecule has 2 spiro atoms. The van der Waals surface area contributed by atoms with Crippen molar-refractivity contribution >= 4 is 28.8 Å². The van der Waals surface area contributed by atoms with Crippen LogP contribution in [0.3, 0.4) is 0 Å². The maximum Gasteiger partial charge on any atom is 0.236 e.